The van der Waals surface area contributed by atoms with Gasteiger partial charge in [-0.05, 0) is 45.6 Å². The van der Waals surface area contributed by atoms with Crippen molar-refractivity contribution in [2.45, 2.75) is 50.1 Å². The fourth-order valence-corrected chi connectivity index (χ4v) is 2.12. The molecule has 3 N–H and O–H groups in total. The second-order valence-electron chi connectivity index (χ2n) is 5.06. The van der Waals surface area contributed by atoms with E-state index in [0.717, 1.165) is 25.8 Å². The van der Waals surface area contributed by atoms with Crippen LogP contribution in [0.3, 0.4) is 0 Å². The molecular weight excluding hydrogens is 208 g/mol. The van der Waals surface area contributed by atoms with Crippen LogP contribution >= 0.6 is 0 Å². The van der Waals surface area contributed by atoms with Gasteiger partial charge in [-0.3, -0.25) is 4.79 Å². The van der Waals surface area contributed by atoms with Crippen LogP contribution in [0, 0.1) is 0 Å². The minimum atomic E-state index is -0.973. The molecule has 1 unspecified atom stereocenters. The van der Waals surface area contributed by atoms with E-state index in [1.54, 1.807) is 0 Å². The molecule has 2 aliphatic rings. The van der Waals surface area contributed by atoms with E-state index in [9.17, 15) is 9.59 Å². The van der Waals surface area contributed by atoms with Gasteiger partial charge in [0.15, 0.2) is 0 Å². The maximum Gasteiger partial charge on any atom is 0.329 e. The number of hydrogen-bond donors (Lipinski definition) is 3. The number of carboxylic acids is 1. The highest BCUT2D eigenvalue weighted by Gasteiger charge is 2.53. The lowest BCUT2D eigenvalue weighted by Gasteiger charge is -2.34. The first-order chi connectivity index (χ1) is 7.49. The van der Waals surface area contributed by atoms with E-state index >= 15 is 0 Å². The lowest BCUT2D eigenvalue weighted by molar-refractivity contribution is -0.144. The first-order valence-electron chi connectivity index (χ1n) is 5.80. The number of rotatable bonds is 3. The highest BCUT2D eigenvalue weighted by Crippen LogP contribution is 2.36. The third-order valence-electron chi connectivity index (χ3n) is 3.63. The van der Waals surface area contributed by atoms with E-state index in [4.69, 9.17) is 5.11 Å². The monoisotopic (exact) mass is 226 g/mol. The Morgan fingerprint density at radius 3 is 2.38 bits per heavy atom. The van der Waals surface area contributed by atoms with Gasteiger partial charge in [-0.25, -0.2) is 4.79 Å². The largest absolute Gasteiger partial charge is 0.480 e. The molecule has 90 valence electrons. The number of nitrogens with one attached hydrogen (secondary N) is 2. The van der Waals surface area contributed by atoms with Crippen molar-refractivity contribution in [1.29, 1.82) is 0 Å². The van der Waals surface area contributed by atoms with E-state index in [1.165, 1.54) is 0 Å². The average molecular weight is 226 g/mol. The molecule has 5 heteroatoms. The van der Waals surface area contributed by atoms with Crippen LogP contribution in [-0.2, 0) is 9.59 Å². The number of piperidine rings is 1. The molecule has 1 saturated carbocycles. The van der Waals surface area contributed by atoms with Crippen molar-refractivity contribution in [3.8, 4) is 0 Å². The van der Waals surface area contributed by atoms with E-state index < -0.39 is 17.0 Å². The van der Waals surface area contributed by atoms with Gasteiger partial charge in [0.25, 0.3) is 0 Å². The molecule has 1 aliphatic heterocycles. The van der Waals surface area contributed by atoms with Crippen LogP contribution in [-0.4, -0.2) is 34.6 Å². The van der Waals surface area contributed by atoms with Crippen molar-refractivity contribution >= 4 is 11.9 Å². The molecule has 0 aromatic rings. The van der Waals surface area contributed by atoms with Crippen LogP contribution in [0.4, 0.5) is 0 Å². The van der Waals surface area contributed by atoms with E-state index in [2.05, 4.69) is 10.6 Å². The maximum absolute atomic E-state index is 12.0. The predicted molar refractivity (Wildman–Crippen MR) is 58.0 cm³/mol. The van der Waals surface area contributed by atoms with Crippen molar-refractivity contribution < 1.29 is 14.7 Å². The van der Waals surface area contributed by atoms with Crippen molar-refractivity contribution in [2.24, 2.45) is 0 Å². The number of carbonyl (C=O) groups is 2. The molecule has 1 atom stereocenters. The Kier molecular flexibility index (Phi) is 2.66. The Labute approximate surface area is 94.6 Å². The van der Waals surface area contributed by atoms with Crippen molar-refractivity contribution in [3.05, 3.63) is 0 Å². The van der Waals surface area contributed by atoms with Gasteiger partial charge in [0.1, 0.15) is 5.54 Å². The lowest BCUT2D eigenvalue weighted by Crippen LogP contribution is -2.60. The number of carboxylic acid groups (broad SMARTS) is 1. The standard InChI is InChI=1S/C11H18N2O3/c1-10(4-2-3-7-12-10)8(14)13-11(5-6-11)9(15)16/h12H,2-7H2,1H3,(H,13,14)(H,15,16). The maximum atomic E-state index is 12.0. The van der Waals surface area contributed by atoms with Crippen LogP contribution < -0.4 is 10.6 Å². The highest BCUT2D eigenvalue weighted by atomic mass is 16.4. The van der Waals surface area contributed by atoms with Crippen LogP contribution in [0.15, 0.2) is 0 Å². The second kappa shape index (κ2) is 3.73. The smallest absolute Gasteiger partial charge is 0.329 e. The Hall–Kier alpha value is -1.10. The van der Waals surface area contributed by atoms with Crippen molar-refractivity contribution in [1.82, 2.24) is 10.6 Å². The predicted octanol–water partition coefficient (Wildman–Crippen LogP) is 0.252. The molecule has 16 heavy (non-hydrogen) atoms. The minimum absolute atomic E-state index is 0.174. The summed E-state index contributed by atoms with van der Waals surface area (Å²) in [6.07, 6.45) is 3.95. The summed E-state index contributed by atoms with van der Waals surface area (Å²) in [5.41, 5.74) is -1.57. The van der Waals surface area contributed by atoms with Gasteiger partial charge in [0.05, 0.1) is 5.54 Å². The van der Waals surface area contributed by atoms with E-state index in [0.29, 0.717) is 12.8 Å². The molecule has 0 radical (unpaired) electrons. The number of aliphatic carboxylic acids is 1. The minimum Gasteiger partial charge on any atom is -0.480 e. The lowest BCUT2D eigenvalue weighted by atomic mass is 9.89. The second-order valence-corrected chi connectivity index (χ2v) is 5.06. The Balaban J connectivity index is 2.00. The highest BCUT2D eigenvalue weighted by molar-refractivity contribution is 5.93. The Morgan fingerprint density at radius 1 is 1.25 bits per heavy atom. The third-order valence-corrected chi connectivity index (χ3v) is 3.63. The summed E-state index contributed by atoms with van der Waals surface area (Å²) in [6.45, 7) is 2.67. The van der Waals surface area contributed by atoms with Gasteiger partial charge in [-0.1, -0.05) is 0 Å². The van der Waals surface area contributed by atoms with Crippen LogP contribution in [0.5, 0.6) is 0 Å². The fourth-order valence-electron chi connectivity index (χ4n) is 2.12. The molecule has 0 bridgehead atoms. The molecule has 1 saturated heterocycles. The summed E-state index contributed by atoms with van der Waals surface area (Å²) in [7, 11) is 0. The molecule has 2 rings (SSSR count). The van der Waals surface area contributed by atoms with Crippen molar-refractivity contribution in [3.63, 3.8) is 0 Å². The topological polar surface area (TPSA) is 78.4 Å². The van der Waals surface area contributed by atoms with Crippen LogP contribution in [0.1, 0.15) is 39.0 Å². The number of hydrogen-bond acceptors (Lipinski definition) is 3. The normalized spacial score (nSPS) is 31.8. The zero-order valence-corrected chi connectivity index (χ0v) is 9.51. The first kappa shape index (κ1) is 11.4. The van der Waals surface area contributed by atoms with Crippen LogP contribution in [0.2, 0.25) is 0 Å². The van der Waals surface area contributed by atoms with Gasteiger partial charge >= 0.3 is 5.97 Å². The van der Waals surface area contributed by atoms with Crippen molar-refractivity contribution in [2.75, 3.05) is 6.54 Å². The summed E-state index contributed by atoms with van der Waals surface area (Å²) in [6, 6.07) is 0. The summed E-state index contributed by atoms with van der Waals surface area (Å²) in [4.78, 5) is 23.0. The number of carbonyl (C=O) groups excluding carboxylic acids is 1. The molecule has 1 amide bonds. The zero-order valence-electron chi connectivity index (χ0n) is 9.51. The molecule has 1 aliphatic carbocycles. The Bertz CT molecular complexity index is 317. The van der Waals surface area contributed by atoms with Gasteiger partial charge in [0.2, 0.25) is 5.91 Å². The SMILES string of the molecule is CC1(C(=O)NC2(C(=O)O)CC2)CCCCN1. The fraction of sp³-hybridized carbons (Fsp3) is 0.818. The average Bonchev–Trinajstić information content (AvgIpc) is 3.00. The molecule has 2 fully saturated rings. The van der Waals surface area contributed by atoms with Gasteiger partial charge < -0.3 is 15.7 Å². The third kappa shape index (κ3) is 1.91. The van der Waals surface area contributed by atoms with E-state index in [-0.39, 0.29) is 5.91 Å². The molecular formula is C11H18N2O3. The summed E-state index contributed by atoms with van der Waals surface area (Å²) < 4.78 is 0. The molecule has 0 aromatic carbocycles. The van der Waals surface area contributed by atoms with Gasteiger partial charge in [-0.2, -0.15) is 0 Å². The molecule has 0 aromatic heterocycles. The van der Waals surface area contributed by atoms with Gasteiger partial charge in [-0.15, -0.1) is 0 Å². The molecule has 5 nitrogen and oxygen atoms in total. The van der Waals surface area contributed by atoms with Crippen LogP contribution in [0.25, 0.3) is 0 Å². The summed E-state index contributed by atoms with van der Waals surface area (Å²) in [5, 5.41) is 14.9. The number of amides is 1. The van der Waals surface area contributed by atoms with Gasteiger partial charge in [0, 0.05) is 0 Å². The zero-order chi connectivity index (χ0) is 11.8. The molecule has 1 heterocycles. The quantitative estimate of drug-likeness (QED) is 0.644. The molecule has 0 spiro atoms. The first-order valence-corrected chi connectivity index (χ1v) is 5.80. The Morgan fingerprint density at radius 2 is 1.94 bits per heavy atom. The van der Waals surface area contributed by atoms with E-state index in [1.807, 2.05) is 6.92 Å². The summed E-state index contributed by atoms with van der Waals surface area (Å²) in [5.74, 6) is -1.09. The summed E-state index contributed by atoms with van der Waals surface area (Å²) >= 11 is 0.